The molecule has 3 aromatic heterocycles. The van der Waals surface area contributed by atoms with Gasteiger partial charge in [-0.3, -0.25) is 13.8 Å². The van der Waals surface area contributed by atoms with Crippen LogP contribution >= 0.6 is 0 Å². The molecular weight excluding hydrogens is 400 g/mol. The molecule has 10 heteroatoms. The molecule has 0 aliphatic rings. The number of unbranched alkanes of at least 4 members (excludes halogenated alkanes) is 2. The predicted octanol–water partition coefficient (Wildman–Crippen LogP) is 3.43. The minimum atomic E-state index is -0.578. The molecule has 0 bridgehead atoms. The fourth-order valence-corrected chi connectivity index (χ4v) is 3.55. The van der Waals surface area contributed by atoms with Crippen molar-refractivity contribution in [2.24, 2.45) is 0 Å². The van der Waals surface area contributed by atoms with Gasteiger partial charge in [0.05, 0.1) is 10.9 Å². The maximum absolute atomic E-state index is 13.0. The largest absolute Gasteiger partial charge is 0.477 e. The van der Waals surface area contributed by atoms with E-state index < -0.39 is 4.92 Å². The summed E-state index contributed by atoms with van der Waals surface area (Å²) in [5.41, 5.74) is 1.07. The van der Waals surface area contributed by atoms with Crippen LogP contribution in [0.2, 0.25) is 0 Å². The molecule has 10 nitrogen and oxygen atoms in total. The molecule has 0 atom stereocenters. The minimum Gasteiger partial charge on any atom is -0.477 e. The van der Waals surface area contributed by atoms with Crippen LogP contribution in [0.15, 0.2) is 41.2 Å². The van der Waals surface area contributed by atoms with Gasteiger partial charge in [0.2, 0.25) is 11.5 Å². The van der Waals surface area contributed by atoms with Crippen molar-refractivity contribution in [3.8, 4) is 5.75 Å². The number of hydrogen-bond acceptors (Lipinski definition) is 7. The van der Waals surface area contributed by atoms with Gasteiger partial charge in [-0.1, -0.05) is 31.9 Å². The molecule has 31 heavy (non-hydrogen) atoms. The molecule has 1 aromatic carbocycles. The van der Waals surface area contributed by atoms with Gasteiger partial charge < -0.3 is 14.9 Å². The third-order valence-corrected chi connectivity index (χ3v) is 5.07. The van der Waals surface area contributed by atoms with Crippen molar-refractivity contribution in [1.29, 1.82) is 0 Å². The zero-order chi connectivity index (χ0) is 22.0. The number of rotatable bonds is 8. The Morgan fingerprint density at radius 2 is 1.94 bits per heavy atom. The number of nitrogens with zero attached hydrogens (tertiary/aromatic N) is 6. The van der Waals surface area contributed by atoms with E-state index in [1.807, 2.05) is 18.2 Å². The Labute approximate surface area is 177 Å². The monoisotopic (exact) mass is 422 g/mol. The summed E-state index contributed by atoms with van der Waals surface area (Å²) in [6, 6.07) is 10.4. The molecule has 0 aliphatic carbocycles. The van der Waals surface area contributed by atoms with Crippen molar-refractivity contribution in [3.05, 3.63) is 68.4 Å². The van der Waals surface area contributed by atoms with E-state index in [1.54, 1.807) is 28.0 Å². The van der Waals surface area contributed by atoms with Gasteiger partial charge in [0, 0.05) is 13.5 Å². The quantitative estimate of drug-likeness (QED) is 0.242. The SMILES string of the molecule is CCCCCn1c(=O)c2ccccc2n2c(COc3ccc(C)nc3[N+](=O)[O-])nnc12. The van der Waals surface area contributed by atoms with Crippen LogP contribution in [-0.2, 0) is 13.2 Å². The van der Waals surface area contributed by atoms with E-state index >= 15 is 0 Å². The van der Waals surface area contributed by atoms with E-state index in [-0.39, 0.29) is 23.7 Å². The average Bonchev–Trinajstić information content (AvgIpc) is 3.19. The Kier molecular flexibility index (Phi) is 5.61. The van der Waals surface area contributed by atoms with Crippen molar-refractivity contribution in [2.45, 2.75) is 46.3 Å². The molecule has 0 N–H and O–H groups in total. The second kappa shape index (κ2) is 8.50. The molecular formula is C21H22N6O4. The van der Waals surface area contributed by atoms with Crippen LogP contribution in [0.1, 0.15) is 37.7 Å². The van der Waals surface area contributed by atoms with Gasteiger partial charge in [-0.05, 0) is 40.6 Å². The summed E-state index contributed by atoms with van der Waals surface area (Å²) in [7, 11) is 0. The summed E-state index contributed by atoms with van der Waals surface area (Å²) in [6.07, 6.45) is 2.89. The molecule has 4 rings (SSSR count). The highest BCUT2D eigenvalue weighted by Crippen LogP contribution is 2.25. The predicted molar refractivity (Wildman–Crippen MR) is 114 cm³/mol. The highest BCUT2D eigenvalue weighted by molar-refractivity contribution is 5.80. The van der Waals surface area contributed by atoms with Crippen LogP contribution < -0.4 is 10.3 Å². The highest BCUT2D eigenvalue weighted by atomic mass is 16.6. The number of hydrogen-bond donors (Lipinski definition) is 0. The van der Waals surface area contributed by atoms with Gasteiger partial charge in [0.1, 0.15) is 12.3 Å². The van der Waals surface area contributed by atoms with E-state index in [1.165, 1.54) is 6.07 Å². The van der Waals surface area contributed by atoms with Crippen molar-refractivity contribution in [3.63, 3.8) is 0 Å². The summed E-state index contributed by atoms with van der Waals surface area (Å²) < 4.78 is 9.11. The molecule has 0 spiro atoms. The first-order valence-electron chi connectivity index (χ1n) is 10.1. The first-order valence-corrected chi connectivity index (χ1v) is 10.1. The van der Waals surface area contributed by atoms with Crippen molar-refractivity contribution in [1.82, 2.24) is 24.1 Å². The Balaban J connectivity index is 1.78. The molecule has 0 saturated heterocycles. The lowest BCUT2D eigenvalue weighted by atomic mass is 10.2. The Hall–Kier alpha value is -3.82. The van der Waals surface area contributed by atoms with E-state index in [0.29, 0.717) is 34.7 Å². The first-order chi connectivity index (χ1) is 15.0. The Morgan fingerprint density at radius 3 is 2.71 bits per heavy atom. The molecule has 0 amide bonds. The van der Waals surface area contributed by atoms with Gasteiger partial charge in [-0.2, -0.15) is 0 Å². The van der Waals surface area contributed by atoms with Crippen molar-refractivity contribution in [2.75, 3.05) is 0 Å². The van der Waals surface area contributed by atoms with Crippen LogP contribution in [0, 0.1) is 17.0 Å². The lowest BCUT2D eigenvalue weighted by Crippen LogP contribution is -2.24. The topological polar surface area (TPSA) is 117 Å². The van der Waals surface area contributed by atoms with E-state index in [0.717, 1.165) is 19.3 Å². The normalized spacial score (nSPS) is 11.3. The number of aromatic nitrogens is 5. The van der Waals surface area contributed by atoms with Gasteiger partial charge in [0.15, 0.2) is 5.82 Å². The van der Waals surface area contributed by atoms with Gasteiger partial charge in [-0.25, -0.2) is 0 Å². The standard InChI is InChI=1S/C21H22N6O4/c1-3-4-7-12-25-20(28)15-8-5-6-9-16(15)26-18(23-24-21(25)26)13-31-17-11-10-14(2)22-19(17)27(29)30/h5-6,8-11H,3-4,7,12-13H2,1-2H3. The molecule has 0 unspecified atom stereocenters. The molecule has 4 aromatic rings. The first kappa shape index (κ1) is 20.5. The second-order valence-corrected chi connectivity index (χ2v) is 7.25. The number of ether oxygens (including phenoxy) is 1. The Morgan fingerprint density at radius 1 is 1.13 bits per heavy atom. The third kappa shape index (κ3) is 3.83. The second-order valence-electron chi connectivity index (χ2n) is 7.25. The summed E-state index contributed by atoms with van der Waals surface area (Å²) in [5.74, 6) is 0.559. The van der Waals surface area contributed by atoms with Crippen molar-refractivity contribution >= 4 is 22.5 Å². The van der Waals surface area contributed by atoms with Crippen LogP contribution in [0.25, 0.3) is 16.7 Å². The van der Waals surface area contributed by atoms with Crippen LogP contribution in [-0.4, -0.2) is 29.1 Å². The minimum absolute atomic E-state index is 0.0490. The van der Waals surface area contributed by atoms with E-state index in [2.05, 4.69) is 22.1 Å². The smallest absolute Gasteiger partial charge is 0.406 e. The molecule has 0 fully saturated rings. The number of aryl methyl sites for hydroxylation is 2. The van der Waals surface area contributed by atoms with Crippen molar-refractivity contribution < 1.29 is 9.66 Å². The van der Waals surface area contributed by atoms with Gasteiger partial charge in [-0.15, -0.1) is 10.2 Å². The van der Waals surface area contributed by atoms with Crippen LogP contribution in [0.3, 0.4) is 0 Å². The molecule has 0 aliphatic heterocycles. The fraction of sp³-hybridized carbons (Fsp3) is 0.333. The zero-order valence-corrected chi connectivity index (χ0v) is 17.3. The number of nitro groups is 1. The Bertz CT molecular complexity index is 1330. The number of fused-ring (bicyclic) bond motifs is 3. The van der Waals surface area contributed by atoms with E-state index in [9.17, 15) is 14.9 Å². The van der Waals surface area contributed by atoms with Crippen LogP contribution in [0.4, 0.5) is 5.82 Å². The zero-order valence-electron chi connectivity index (χ0n) is 17.3. The number of pyridine rings is 1. The fourth-order valence-electron chi connectivity index (χ4n) is 3.55. The lowest BCUT2D eigenvalue weighted by molar-refractivity contribution is -0.390. The highest BCUT2D eigenvalue weighted by Gasteiger charge is 2.20. The lowest BCUT2D eigenvalue weighted by Gasteiger charge is -2.11. The third-order valence-electron chi connectivity index (χ3n) is 5.07. The van der Waals surface area contributed by atoms with Gasteiger partial charge in [0.25, 0.3) is 5.56 Å². The molecule has 0 radical (unpaired) electrons. The summed E-state index contributed by atoms with van der Waals surface area (Å²) in [6.45, 7) is 4.24. The maximum Gasteiger partial charge on any atom is 0.406 e. The molecule has 3 heterocycles. The average molecular weight is 422 g/mol. The summed E-state index contributed by atoms with van der Waals surface area (Å²) >= 11 is 0. The molecule has 160 valence electrons. The van der Waals surface area contributed by atoms with E-state index in [4.69, 9.17) is 4.74 Å². The summed E-state index contributed by atoms with van der Waals surface area (Å²) in [5, 5.41) is 20.3. The maximum atomic E-state index is 13.0. The van der Waals surface area contributed by atoms with Crippen LogP contribution in [0.5, 0.6) is 5.75 Å². The number of benzene rings is 1. The summed E-state index contributed by atoms with van der Waals surface area (Å²) in [4.78, 5) is 27.7. The number of para-hydroxylation sites is 1. The molecule has 0 saturated carbocycles. The van der Waals surface area contributed by atoms with Gasteiger partial charge >= 0.3 is 5.82 Å².